The number of aromatic amines is 1. The normalized spacial score (nSPS) is 12.0. The molecule has 0 spiro atoms. The first-order valence-corrected chi connectivity index (χ1v) is 13.6. The number of benzene rings is 2. The molecule has 5 rings (SSSR count). The van der Waals surface area contributed by atoms with Crippen LogP contribution in [0.4, 0.5) is 17.6 Å². The number of alkyl halides is 3. The molecule has 3 aromatic heterocycles. The fraction of sp³-hybridized carbons (Fsp3) is 0.185. The average molecular weight is 575 g/mol. The third-order valence-electron chi connectivity index (χ3n) is 5.92. The number of aliphatic carboxylic acids is 1. The summed E-state index contributed by atoms with van der Waals surface area (Å²) in [5.41, 5.74) is 5.83. The van der Waals surface area contributed by atoms with Crippen LogP contribution in [-0.4, -0.2) is 52.1 Å². The molecule has 40 heavy (non-hydrogen) atoms. The van der Waals surface area contributed by atoms with Gasteiger partial charge in [0.25, 0.3) is 0 Å². The van der Waals surface area contributed by atoms with Crippen LogP contribution in [-0.2, 0) is 14.6 Å². The predicted octanol–water partition coefficient (Wildman–Crippen LogP) is 6.14. The molecule has 0 unspecified atom stereocenters. The highest BCUT2D eigenvalue weighted by molar-refractivity contribution is 7.90. The largest absolute Gasteiger partial charge is 0.490 e. The van der Waals surface area contributed by atoms with Crippen molar-refractivity contribution >= 4 is 37.6 Å². The zero-order chi connectivity index (χ0) is 29.4. The van der Waals surface area contributed by atoms with Crippen LogP contribution in [0.25, 0.3) is 44.2 Å². The van der Waals surface area contributed by atoms with E-state index in [9.17, 15) is 26.0 Å². The van der Waals surface area contributed by atoms with Crippen molar-refractivity contribution in [2.75, 3.05) is 6.26 Å². The maximum atomic E-state index is 13.7. The number of aromatic nitrogens is 4. The number of carboxylic acids is 1. The van der Waals surface area contributed by atoms with Crippen molar-refractivity contribution in [3.8, 4) is 22.4 Å². The molecular weight excluding hydrogens is 552 g/mol. The first-order chi connectivity index (χ1) is 18.7. The van der Waals surface area contributed by atoms with E-state index in [1.807, 2.05) is 12.1 Å². The Bertz CT molecular complexity index is 1820. The molecule has 0 amide bonds. The Hall–Kier alpha value is -4.39. The molecule has 0 fully saturated rings. The van der Waals surface area contributed by atoms with Crippen molar-refractivity contribution in [1.82, 2.24) is 20.2 Å². The molecule has 0 atom stereocenters. The van der Waals surface area contributed by atoms with E-state index in [0.29, 0.717) is 11.3 Å². The Balaban J connectivity index is 0.000000470. The topological polar surface area (TPSA) is 126 Å². The number of H-pyrrole nitrogens is 1. The molecule has 0 aliphatic carbocycles. The van der Waals surface area contributed by atoms with Gasteiger partial charge in [-0.05, 0) is 59.0 Å². The lowest BCUT2D eigenvalue weighted by Gasteiger charge is -2.20. The second kappa shape index (κ2) is 10.6. The van der Waals surface area contributed by atoms with Gasteiger partial charge in [-0.15, -0.1) is 0 Å². The van der Waals surface area contributed by atoms with E-state index in [0.717, 1.165) is 44.8 Å². The molecule has 8 nitrogen and oxygen atoms in total. The summed E-state index contributed by atoms with van der Waals surface area (Å²) < 4.78 is 69.2. The minimum absolute atomic E-state index is 0.0102. The van der Waals surface area contributed by atoms with E-state index < -0.39 is 22.0 Å². The minimum atomic E-state index is -5.08. The second-order valence-electron chi connectivity index (χ2n) is 9.20. The molecule has 0 saturated carbocycles. The van der Waals surface area contributed by atoms with Crippen molar-refractivity contribution in [1.29, 1.82) is 0 Å². The van der Waals surface area contributed by atoms with Crippen LogP contribution in [0.2, 0.25) is 0 Å². The first-order valence-electron chi connectivity index (χ1n) is 11.7. The highest BCUT2D eigenvalue weighted by atomic mass is 32.2. The zero-order valence-electron chi connectivity index (χ0n) is 21.3. The SMILES string of the molecule is CC(C)c1c(-c2ccc(S(C)(=O)=O)nc2)nc2cc3[nH]ncc3cc2c1-c1ccc(F)cc1.O=C(O)C(F)(F)F. The quantitative estimate of drug-likeness (QED) is 0.247. The van der Waals surface area contributed by atoms with Crippen LogP contribution >= 0.6 is 0 Å². The molecule has 0 radical (unpaired) electrons. The second-order valence-corrected chi connectivity index (χ2v) is 11.2. The van der Waals surface area contributed by atoms with Gasteiger partial charge in [-0.3, -0.25) is 5.10 Å². The van der Waals surface area contributed by atoms with Crippen LogP contribution in [0.1, 0.15) is 25.3 Å². The van der Waals surface area contributed by atoms with Crippen molar-refractivity contribution < 1.29 is 35.9 Å². The van der Waals surface area contributed by atoms with Gasteiger partial charge in [-0.2, -0.15) is 18.3 Å². The number of carboxylic acid groups (broad SMARTS) is 1. The Morgan fingerprint density at radius 3 is 2.15 bits per heavy atom. The van der Waals surface area contributed by atoms with Gasteiger partial charge in [0, 0.05) is 28.8 Å². The van der Waals surface area contributed by atoms with Crippen LogP contribution in [0.3, 0.4) is 0 Å². The van der Waals surface area contributed by atoms with Gasteiger partial charge in [-0.1, -0.05) is 26.0 Å². The van der Waals surface area contributed by atoms with E-state index in [2.05, 4.69) is 29.0 Å². The number of hydrogen-bond donors (Lipinski definition) is 2. The van der Waals surface area contributed by atoms with Gasteiger partial charge in [0.15, 0.2) is 14.9 Å². The molecule has 2 aromatic carbocycles. The number of hydrogen-bond acceptors (Lipinski definition) is 6. The van der Waals surface area contributed by atoms with E-state index >= 15 is 0 Å². The van der Waals surface area contributed by atoms with Gasteiger partial charge in [-0.25, -0.2) is 27.6 Å². The van der Waals surface area contributed by atoms with Crippen molar-refractivity contribution in [2.24, 2.45) is 0 Å². The monoisotopic (exact) mass is 574 g/mol. The van der Waals surface area contributed by atoms with Gasteiger partial charge in [0.1, 0.15) is 5.82 Å². The molecule has 0 saturated heterocycles. The van der Waals surface area contributed by atoms with E-state index in [1.54, 1.807) is 30.6 Å². The summed E-state index contributed by atoms with van der Waals surface area (Å²) in [6, 6.07) is 13.6. The van der Waals surface area contributed by atoms with Crippen LogP contribution < -0.4 is 0 Å². The molecule has 0 bridgehead atoms. The van der Waals surface area contributed by atoms with Gasteiger partial charge >= 0.3 is 12.1 Å². The first kappa shape index (κ1) is 28.6. The summed E-state index contributed by atoms with van der Waals surface area (Å²) >= 11 is 0. The minimum Gasteiger partial charge on any atom is -0.475 e. The summed E-state index contributed by atoms with van der Waals surface area (Å²) in [4.78, 5) is 18.0. The molecule has 0 aliphatic rings. The Labute approximate surface area is 225 Å². The highest BCUT2D eigenvalue weighted by Crippen LogP contribution is 2.41. The number of carbonyl (C=O) groups is 1. The molecule has 208 valence electrons. The van der Waals surface area contributed by atoms with Gasteiger partial charge in [0.2, 0.25) is 0 Å². The number of nitrogens with zero attached hydrogens (tertiary/aromatic N) is 3. The number of fused-ring (bicyclic) bond motifs is 2. The Kier molecular flexibility index (Phi) is 7.61. The lowest BCUT2D eigenvalue weighted by Crippen LogP contribution is -2.21. The maximum absolute atomic E-state index is 13.7. The molecule has 13 heteroatoms. The number of nitrogens with one attached hydrogen (secondary N) is 1. The molecule has 5 aromatic rings. The average Bonchev–Trinajstić information content (AvgIpc) is 3.33. The van der Waals surface area contributed by atoms with Crippen LogP contribution in [0.15, 0.2) is 66.0 Å². The molecule has 3 heterocycles. The van der Waals surface area contributed by atoms with Crippen molar-refractivity contribution in [3.05, 3.63) is 72.3 Å². The number of rotatable bonds is 4. The standard InChI is InChI=1S/C25H21FN4O2S.C2HF3O2/c1-14(2)23-24(15-4-7-18(26)8-5-15)19-10-17-13-28-30-20(17)11-21(19)29-25(23)16-6-9-22(27-12-16)33(3,31)32;3-2(4,5)1(6)7/h4-14H,1-3H3,(H,28,30);(H,6,7). The zero-order valence-corrected chi connectivity index (χ0v) is 22.1. The van der Waals surface area contributed by atoms with E-state index in [1.165, 1.54) is 18.2 Å². The number of halogens is 4. The fourth-order valence-electron chi connectivity index (χ4n) is 4.17. The van der Waals surface area contributed by atoms with E-state index in [4.69, 9.17) is 14.9 Å². The van der Waals surface area contributed by atoms with Crippen LogP contribution in [0.5, 0.6) is 0 Å². The number of pyridine rings is 2. The molecule has 2 N–H and O–H groups in total. The van der Waals surface area contributed by atoms with E-state index in [-0.39, 0.29) is 16.8 Å². The highest BCUT2D eigenvalue weighted by Gasteiger charge is 2.38. The summed E-state index contributed by atoms with van der Waals surface area (Å²) in [7, 11) is -3.41. The third kappa shape index (κ3) is 5.93. The predicted molar refractivity (Wildman–Crippen MR) is 141 cm³/mol. The molecular formula is C27H22F4N4O4S. The summed E-state index contributed by atoms with van der Waals surface area (Å²) in [5, 5.41) is 16.1. The number of sulfone groups is 1. The van der Waals surface area contributed by atoms with Crippen molar-refractivity contribution in [3.63, 3.8) is 0 Å². The lowest BCUT2D eigenvalue weighted by atomic mass is 9.86. The van der Waals surface area contributed by atoms with Crippen molar-refractivity contribution in [2.45, 2.75) is 31.0 Å². The smallest absolute Gasteiger partial charge is 0.475 e. The van der Waals surface area contributed by atoms with Gasteiger partial charge in [0.05, 0.1) is 22.9 Å². The Morgan fingerprint density at radius 2 is 1.62 bits per heavy atom. The fourth-order valence-corrected chi connectivity index (χ4v) is 4.73. The third-order valence-corrected chi connectivity index (χ3v) is 6.93. The lowest BCUT2D eigenvalue weighted by molar-refractivity contribution is -0.192. The van der Waals surface area contributed by atoms with Gasteiger partial charge < -0.3 is 5.11 Å². The Morgan fingerprint density at radius 1 is 1.00 bits per heavy atom. The van der Waals surface area contributed by atoms with Crippen LogP contribution in [0, 0.1) is 5.82 Å². The summed E-state index contributed by atoms with van der Waals surface area (Å²) in [6.07, 6.45) is -0.648. The summed E-state index contributed by atoms with van der Waals surface area (Å²) in [5.74, 6) is -2.99. The summed E-state index contributed by atoms with van der Waals surface area (Å²) in [6.45, 7) is 4.15. The molecule has 0 aliphatic heterocycles. The maximum Gasteiger partial charge on any atom is 0.490 e.